The molecule has 0 saturated carbocycles. The van der Waals surface area contributed by atoms with E-state index in [1.807, 2.05) is 30.3 Å². The van der Waals surface area contributed by atoms with Gasteiger partial charge < -0.3 is 8.83 Å². The number of furan rings is 2. The van der Waals surface area contributed by atoms with Crippen LogP contribution in [-0.2, 0) is 0 Å². The van der Waals surface area contributed by atoms with Gasteiger partial charge in [-0.2, -0.15) is 0 Å². The third-order valence-electron chi connectivity index (χ3n) is 9.03. The average molecular weight is 584 g/mol. The van der Waals surface area contributed by atoms with Gasteiger partial charge in [-0.25, -0.2) is 15.0 Å². The largest absolute Gasteiger partial charge is 0.456 e. The van der Waals surface area contributed by atoms with Crippen molar-refractivity contribution in [3.63, 3.8) is 0 Å². The number of hydrogen-bond acceptors (Lipinski definition) is 5. The lowest BCUT2D eigenvalue weighted by Crippen LogP contribution is -2.13. The Labute approximate surface area is 260 Å². The van der Waals surface area contributed by atoms with Gasteiger partial charge in [0.15, 0.2) is 11.6 Å². The molecule has 7 aromatic rings. The van der Waals surface area contributed by atoms with Gasteiger partial charge in [0, 0.05) is 32.9 Å². The maximum Gasteiger partial charge on any atom is 0.163 e. The summed E-state index contributed by atoms with van der Waals surface area (Å²) in [6.45, 7) is 2.14. The Morgan fingerprint density at radius 2 is 1.47 bits per heavy atom. The Hall–Kier alpha value is -5.55. The first-order valence-electron chi connectivity index (χ1n) is 15.5. The van der Waals surface area contributed by atoms with Crippen molar-refractivity contribution in [3.05, 3.63) is 138 Å². The van der Waals surface area contributed by atoms with Crippen molar-refractivity contribution in [3.8, 4) is 22.5 Å². The molecule has 0 fully saturated rings. The van der Waals surface area contributed by atoms with Crippen molar-refractivity contribution in [1.29, 1.82) is 0 Å². The van der Waals surface area contributed by atoms with Crippen LogP contribution in [0.3, 0.4) is 0 Å². The number of para-hydroxylation sites is 1. The maximum absolute atomic E-state index is 6.32. The van der Waals surface area contributed by atoms with Gasteiger partial charge in [-0.1, -0.05) is 85.0 Å². The van der Waals surface area contributed by atoms with Gasteiger partial charge in [-0.3, -0.25) is 0 Å². The minimum absolute atomic E-state index is 0.0461. The van der Waals surface area contributed by atoms with Crippen molar-refractivity contribution in [2.24, 2.45) is 0 Å². The topological polar surface area (TPSA) is 65.0 Å². The summed E-state index contributed by atoms with van der Waals surface area (Å²) < 4.78 is 12.5. The number of rotatable bonds is 4. The van der Waals surface area contributed by atoms with Crippen LogP contribution in [0.1, 0.15) is 53.7 Å². The minimum atomic E-state index is -0.0461. The van der Waals surface area contributed by atoms with E-state index in [0.29, 0.717) is 11.6 Å². The zero-order valence-electron chi connectivity index (χ0n) is 24.8. The van der Waals surface area contributed by atoms with Crippen molar-refractivity contribution < 1.29 is 8.83 Å². The summed E-state index contributed by atoms with van der Waals surface area (Å²) in [5.41, 5.74) is 9.21. The molecular weight excluding hydrogens is 554 g/mol. The van der Waals surface area contributed by atoms with E-state index in [0.717, 1.165) is 91.6 Å². The normalized spacial score (nSPS) is 16.0. The molecule has 0 N–H and O–H groups in total. The molecule has 0 aliphatic heterocycles. The summed E-state index contributed by atoms with van der Waals surface area (Å²) in [6.07, 6.45) is 13.6. The first-order valence-corrected chi connectivity index (χ1v) is 15.5. The molecule has 0 unspecified atom stereocenters. The van der Waals surface area contributed by atoms with E-state index >= 15 is 0 Å². The van der Waals surface area contributed by atoms with E-state index in [2.05, 4.69) is 91.9 Å². The van der Waals surface area contributed by atoms with Crippen LogP contribution in [0, 0.1) is 6.92 Å². The van der Waals surface area contributed by atoms with E-state index in [4.69, 9.17) is 23.8 Å². The quantitative estimate of drug-likeness (QED) is 0.206. The van der Waals surface area contributed by atoms with Gasteiger partial charge in [0.25, 0.3) is 0 Å². The van der Waals surface area contributed by atoms with Crippen LogP contribution in [0.2, 0.25) is 0 Å². The summed E-state index contributed by atoms with van der Waals surface area (Å²) >= 11 is 0. The van der Waals surface area contributed by atoms with Crippen LogP contribution in [0.15, 0.2) is 118 Å². The van der Waals surface area contributed by atoms with E-state index < -0.39 is 0 Å². The highest BCUT2D eigenvalue weighted by molar-refractivity contribution is 6.12. The molecule has 216 valence electrons. The van der Waals surface area contributed by atoms with Gasteiger partial charge in [-0.05, 0) is 73.2 Å². The number of nitrogens with zero attached hydrogens (tertiary/aromatic N) is 3. The SMILES string of the molecule is Cc1cccc2oc3c(c12)[C@@H](c1nc(C2=CCCC=C2)nc(-c2cccc(-c4cccc5oc6ccccc6c45)c2)n1)CC=C3. The number of aryl methyl sites for hydroxylation is 1. The Morgan fingerprint density at radius 1 is 0.667 bits per heavy atom. The van der Waals surface area contributed by atoms with E-state index in [-0.39, 0.29) is 5.92 Å². The fourth-order valence-electron chi connectivity index (χ4n) is 6.93. The standard InChI is InChI=1S/C40H29N3O2/c1-24-11-7-20-32-35(24)37-30(18-10-22-34(37)45-32)40-42-38(25-12-3-2-4-13-25)41-39(43-40)27-15-8-14-26(23-27)28-17-9-21-33-36(28)29-16-5-6-19-31(29)44-33/h3,5-17,19-23,30H,2,4,18H2,1H3/t30-/m0/s1. The highest BCUT2D eigenvalue weighted by Gasteiger charge is 2.29. The highest BCUT2D eigenvalue weighted by atomic mass is 16.3. The van der Waals surface area contributed by atoms with Gasteiger partial charge in [0.2, 0.25) is 0 Å². The van der Waals surface area contributed by atoms with E-state index in [1.165, 1.54) is 5.56 Å². The summed E-state index contributed by atoms with van der Waals surface area (Å²) in [5.74, 6) is 2.98. The Balaban J connectivity index is 1.23. The molecule has 1 atom stereocenters. The molecule has 0 radical (unpaired) electrons. The number of benzene rings is 4. The molecule has 45 heavy (non-hydrogen) atoms. The Morgan fingerprint density at radius 3 is 2.38 bits per heavy atom. The lowest BCUT2D eigenvalue weighted by Gasteiger charge is -2.19. The third-order valence-corrected chi connectivity index (χ3v) is 9.03. The first kappa shape index (κ1) is 25.9. The predicted octanol–water partition coefficient (Wildman–Crippen LogP) is 10.4. The molecule has 0 spiro atoms. The number of allylic oxidation sites excluding steroid dienone is 5. The second kappa shape index (κ2) is 10.3. The highest BCUT2D eigenvalue weighted by Crippen LogP contribution is 2.43. The fourth-order valence-corrected chi connectivity index (χ4v) is 6.93. The molecule has 9 rings (SSSR count). The lowest BCUT2D eigenvalue weighted by atomic mass is 9.87. The van der Waals surface area contributed by atoms with Gasteiger partial charge in [0.1, 0.15) is 28.3 Å². The molecule has 0 saturated heterocycles. The Bertz CT molecular complexity index is 2390. The van der Waals surface area contributed by atoms with E-state index in [1.54, 1.807) is 0 Å². The zero-order valence-corrected chi connectivity index (χ0v) is 24.8. The van der Waals surface area contributed by atoms with Crippen LogP contribution in [0.4, 0.5) is 0 Å². The molecule has 4 aromatic carbocycles. The molecule has 3 heterocycles. The summed E-state index contributed by atoms with van der Waals surface area (Å²) in [4.78, 5) is 15.4. The Kier molecular flexibility index (Phi) is 5.91. The number of aromatic nitrogens is 3. The molecule has 0 amide bonds. The van der Waals surface area contributed by atoms with E-state index in [9.17, 15) is 0 Å². The monoisotopic (exact) mass is 583 g/mol. The molecule has 3 aromatic heterocycles. The van der Waals surface area contributed by atoms with Crippen molar-refractivity contribution in [1.82, 2.24) is 15.0 Å². The van der Waals surface area contributed by atoms with Crippen molar-refractivity contribution in [2.75, 3.05) is 0 Å². The molecule has 2 aliphatic rings. The second-order valence-electron chi connectivity index (χ2n) is 11.9. The van der Waals surface area contributed by atoms with Crippen LogP contribution < -0.4 is 0 Å². The van der Waals surface area contributed by atoms with Crippen LogP contribution >= 0.6 is 0 Å². The lowest BCUT2D eigenvalue weighted by molar-refractivity contribution is 0.586. The van der Waals surface area contributed by atoms with Crippen LogP contribution in [0.5, 0.6) is 0 Å². The van der Waals surface area contributed by atoms with Gasteiger partial charge >= 0.3 is 0 Å². The first-order chi connectivity index (χ1) is 22.2. The predicted molar refractivity (Wildman–Crippen MR) is 181 cm³/mol. The molecular formula is C40H29N3O2. The number of fused-ring (bicyclic) bond motifs is 6. The minimum Gasteiger partial charge on any atom is -0.456 e. The number of hydrogen-bond donors (Lipinski definition) is 0. The van der Waals surface area contributed by atoms with Crippen LogP contribution in [0.25, 0.3) is 67.1 Å². The average Bonchev–Trinajstić information content (AvgIpc) is 3.68. The summed E-state index contributed by atoms with van der Waals surface area (Å²) in [5, 5.41) is 3.38. The van der Waals surface area contributed by atoms with Crippen molar-refractivity contribution >= 4 is 44.6 Å². The molecule has 0 bridgehead atoms. The third kappa shape index (κ3) is 4.26. The molecule has 2 aliphatic carbocycles. The summed E-state index contributed by atoms with van der Waals surface area (Å²) in [6, 6.07) is 29.2. The second-order valence-corrected chi connectivity index (χ2v) is 11.9. The molecule has 5 heteroatoms. The van der Waals surface area contributed by atoms with Crippen molar-refractivity contribution in [2.45, 2.75) is 32.1 Å². The van der Waals surface area contributed by atoms with Gasteiger partial charge in [0.05, 0.1) is 5.92 Å². The zero-order chi connectivity index (χ0) is 29.9. The maximum atomic E-state index is 6.32. The smallest absolute Gasteiger partial charge is 0.163 e. The fraction of sp³-hybridized carbons (Fsp3) is 0.125. The summed E-state index contributed by atoms with van der Waals surface area (Å²) in [7, 11) is 0. The molecule has 5 nitrogen and oxygen atoms in total. The van der Waals surface area contributed by atoms with Crippen LogP contribution in [-0.4, -0.2) is 15.0 Å². The van der Waals surface area contributed by atoms with Gasteiger partial charge in [-0.15, -0.1) is 0 Å².